The number of rotatable bonds is 2. The van der Waals surface area contributed by atoms with Gasteiger partial charge in [-0.3, -0.25) is 4.79 Å². The Morgan fingerprint density at radius 3 is 1.46 bits per heavy atom. The van der Waals surface area contributed by atoms with Crippen molar-refractivity contribution in [1.29, 1.82) is 0 Å². The molecule has 7 heteroatoms. The second-order valence-corrected chi connectivity index (χ2v) is 1.86. The van der Waals surface area contributed by atoms with Gasteiger partial charge in [-0.2, -0.15) is 0 Å². The van der Waals surface area contributed by atoms with Crippen molar-refractivity contribution in [3.05, 3.63) is 0 Å². The molecule has 2 N–H and O–H groups in total. The van der Waals surface area contributed by atoms with Crippen LogP contribution in [0.5, 0.6) is 0 Å². The molecule has 0 aliphatic heterocycles. The van der Waals surface area contributed by atoms with Gasteiger partial charge in [-0.15, -0.1) is 0 Å². The Labute approximate surface area is 96.9 Å². The van der Waals surface area contributed by atoms with Crippen molar-refractivity contribution in [2.24, 2.45) is 0 Å². The minimum Gasteiger partial charge on any atom is -0.542 e. The van der Waals surface area contributed by atoms with E-state index >= 15 is 0 Å². The van der Waals surface area contributed by atoms with E-state index in [1.165, 1.54) is 6.92 Å². The average Bonchev–Trinajstić information content (AvgIpc) is 1.88. The summed E-state index contributed by atoms with van der Waals surface area (Å²) in [4.78, 5) is 28.2. The Hall–Kier alpha value is -0.430. The first-order valence-corrected chi connectivity index (χ1v) is 2.91. The second kappa shape index (κ2) is 9.66. The fourth-order valence-corrected chi connectivity index (χ4v) is 0. The van der Waals surface area contributed by atoms with E-state index in [9.17, 15) is 19.5 Å². The van der Waals surface area contributed by atoms with E-state index in [1.54, 1.807) is 0 Å². The van der Waals surface area contributed by atoms with Gasteiger partial charge in [-0.25, -0.2) is 4.79 Å². The molecule has 0 rings (SSSR count). The molecule has 0 bridgehead atoms. The van der Waals surface area contributed by atoms with Gasteiger partial charge < -0.3 is 20.1 Å². The van der Waals surface area contributed by atoms with Crippen LogP contribution in [0.15, 0.2) is 0 Å². The van der Waals surface area contributed by atoms with E-state index in [0.717, 1.165) is 6.92 Å². The van der Waals surface area contributed by atoms with Crippen molar-refractivity contribution >= 4 is 17.7 Å². The molecule has 0 aliphatic rings. The van der Waals surface area contributed by atoms with Crippen molar-refractivity contribution in [1.82, 2.24) is 0 Å². The molecule has 0 fully saturated rings. The van der Waals surface area contributed by atoms with Gasteiger partial charge in [0.1, 0.15) is 12.1 Å². The van der Waals surface area contributed by atoms with Gasteiger partial charge in [-0.1, -0.05) is 0 Å². The summed E-state index contributed by atoms with van der Waals surface area (Å²) >= 11 is 0. The van der Waals surface area contributed by atoms with Crippen LogP contribution in [0.4, 0.5) is 0 Å². The standard InChI is InChI=1S/C3H6O3.C3H4O3.Na/c2*1-2(4)3(5)6;/h2,4H,1H3,(H,5,6);1H3,(H,5,6);/q;;+1/p-1. The average molecular weight is 200 g/mol. The number of aliphatic hydroxyl groups is 1. The molecule has 13 heavy (non-hydrogen) atoms. The van der Waals surface area contributed by atoms with E-state index in [1.807, 2.05) is 0 Å². The van der Waals surface area contributed by atoms with Crippen molar-refractivity contribution in [3.63, 3.8) is 0 Å². The van der Waals surface area contributed by atoms with E-state index in [2.05, 4.69) is 0 Å². The van der Waals surface area contributed by atoms with Crippen LogP contribution in [-0.4, -0.2) is 34.0 Å². The summed E-state index contributed by atoms with van der Waals surface area (Å²) in [5, 5.41) is 25.0. The number of carbonyl (C=O) groups is 3. The number of hydrogen-bond donors (Lipinski definition) is 2. The molecule has 0 amide bonds. The van der Waals surface area contributed by atoms with E-state index in [4.69, 9.17) is 10.2 Å². The third-order valence-electron chi connectivity index (χ3n) is 0.645. The summed E-state index contributed by atoms with van der Waals surface area (Å²) in [6.45, 7) is 2.14. The minimum absolute atomic E-state index is 0. The molecule has 1 unspecified atom stereocenters. The van der Waals surface area contributed by atoms with Gasteiger partial charge in [0.15, 0.2) is 5.78 Å². The minimum atomic E-state index is -1.63. The van der Waals surface area contributed by atoms with Crippen molar-refractivity contribution < 1.29 is 59.3 Å². The molecule has 0 aromatic carbocycles. The fourth-order valence-electron chi connectivity index (χ4n) is 0. The first-order valence-electron chi connectivity index (χ1n) is 2.91. The molecule has 6 nitrogen and oxygen atoms in total. The number of hydrogen-bond acceptors (Lipinski definition) is 5. The van der Waals surface area contributed by atoms with Crippen molar-refractivity contribution in [2.75, 3.05) is 0 Å². The normalized spacial score (nSPS) is 9.77. The zero-order chi connectivity index (χ0) is 10.3. The maximum absolute atomic E-state index is 9.48. The molecule has 0 saturated heterocycles. The van der Waals surface area contributed by atoms with Crippen LogP contribution < -0.4 is 34.7 Å². The number of carboxylic acids is 2. The van der Waals surface area contributed by atoms with Crippen LogP contribution in [0.1, 0.15) is 13.8 Å². The molecular weight excluding hydrogens is 191 g/mol. The maximum Gasteiger partial charge on any atom is 1.00 e. The van der Waals surface area contributed by atoms with Gasteiger partial charge in [0, 0.05) is 6.92 Å². The van der Waals surface area contributed by atoms with E-state index < -0.39 is 23.8 Å². The van der Waals surface area contributed by atoms with Gasteiger partial charge in [-0.05, 0) is 6.92 Å². The molecule has 0 spiro atoms. The number of aliphatic carboxylic acids is 2. The van der Waals surface area contributed by atoms with Gasteiger partial charge >= 0.3 is 35.5 Å². The predicted molar refractivity (Wildman–Crippen MR) is 35.0 cm³/mol. The molecule has 0 heterocycles. The molecule has 0 radical (unpaired) electrons. The predicted octanol–water partition coefficient (Wildman–Crippen LogP) is -5.22. The molecule has 0 aromatic rings. The van der Waals surface area contributed by atoms with Crippen LogP contribution in [0.25, 0.3) is 0 Å². The maximum atomic E-state index is 9.48. The Morgan fingerprint density at radius 2 is 1.46 bits per heavy atom. The summed E-state index contributed by atoms with van der Waals surface area (Å²) in [5.41, 5.74) is 0. The molecule has 70 valence electrons. The quantitative estimate of drug-likeness (QED) is 0.340. The van der Waals surface area contributed by atoms with Crippen molar-refractivity contribution in [2.45, 2.75) is 20.0 Å². The molecule has 0 saturated carbocycles. The number of aliphatic hydroxyl groups excluding tert-OH is 1. The zero-order valence-corrected chi connectivity index (χ0v) is 9.60. The third-order valence-corrected chi connectivity index (χ3v) is 0.645. The van der Waals surface area contributed by atoms with Gasteiger partial charge in [0.2, 0.25) is 0 Å². The zero-order valence-electron chi connectivity index (χ0n) is 7.60. The summed E-state index contributed by atoms with van der Waals surface area (Å²) in [6.07, 6.45) is -1.23. The number of Topliss-reactive ketones (excluding diaryl/α,β-unsaturated/α-hetero) is 1. The summed E-state index contributed by atoms with van der Waals surface area (Å²) in [6, 6.07) is 0. The van der Waals surface area contributed by atoms with Gasteiger partial charge in [0.25, 0.3) is 0 Å². The van der Waals surface area contributed by atoms with Crippen LogP contribution in [0.2, 0.25) is 0 Å². The third kappa shape index (κ3) is 18.5. The number of ketones is 1. The Balaban J connectivity index is -0.000000143. The Kier molecular flexibility index (Phi) is 13.6. The Morgan fingerprint density at radius 1 is 1.31 bits per heavy atom. The van der Waals surface area contributed by atoms with Crippen LogP contribution >= 0.6 is 0 Å². The first-order chi connectivity index (χ1) is 5.29. The molecule has 0 aliphatic carbocycles. The topological polar surface area (TPSA) is 115 Å². The van der Waals surface area contributed by atoms with Crippen LogP contribution in [0, 0.1) is 0 Å². The summed E-state index contributed by atoms with van der Waals surface area (Å²) in [5.74, 6) is -3.75. The van der Waals surface area contributed by atoms with Crippen LogP contribution in [-0.2, 0) is 14.4 Å². The Bertz CT molecular complexity index is 176. The summed E-state index contributed by atoms with van der Waals surface area (Å²) < 4.78 is 0. The SMILES string of the molecule is CC(=O)C(=O)[O-].CC(O)C(=O)O.[Na+]. The smallest absolute Gasteiger partial charge is 0.542 e. The van der Waals surface area contributed by atoms with Crippen LogP contribution in [0.3, 0.4) is 0 Å². The van der Waals surface area contributed by atoms with E-state index in [0.29, 0.717) is 0 Å². The summed E-state index contributed by atoms with van der Waals surface area (Å²) in [7, 11) is 0. The monoisotopic (exact) mass is 200 g/mol. The molecule has 0 aromatic heterocycles. The first kappa shape index (κ1) is 18.4. The van der Waals surface area contributed by atoms with E-state index in [-0.39, 0.29) is 29.6 Å². The fraction of sp³-hybridized carbons (Fsp3) is 0.500. The van der Waals surface area contributed by atoms with Crippen molar-refractivity contribution in [3.8, 4) is 0 Å². The number of carboxylic acid groups (broad SMARTS) is 2. The molecule has 1 atom stereocenters. The number of carbonyl (C=O) groups excluding carboxylic acids is 2. The second-order valence-electron chi connectivity index (χ2n) is 1.86. The largest absolute Gasteiger partial charge is 1.00 e. The molecular formula is C6H9NaO6. The van der Waals surface area contributed by atoms with Gasteiger partial charge in [0.05, 0.1) is 0 Å².